The highest BCUT2D eigenvalue weighted by Crippen LogP contribution is 2.36. The van der Waals surface area contributed by atoms with Crippen molar-refractivity contribution in [3.05, 3.63) is 102 Å². The summed E-state index contributed by atoms with van der Waals surface area (Å²) in [5, 5.41) is 14.4. The van der Waals surface area contributed by atoms with E-state index in [4.69, 9.17) is 14.2 Å². The lowest BCUT2D eigenvalue weighted by Gasteiger charge is -2.29. The maximum Gasteiger partial charge on any atom is 0.412 e. The molecule has 1 amide bonds. The van der Waals surface area contributed by atoms with Crippen molar-refractivity contribution in [2.75, 3.05) is 17.7 Å². The molecule has 4 rings (SSSR count). The number of hydrogen-bond donors (Lipinski definition) is 3. The summed E-state index contributed by atoms with van der Waals surface area (Å²) in [7, 11) is 0. The molecular formula is C31H29NO7S. The van der Waals surface area contributed by atoms with Crippen molar-refractivity contribution >= 4 is 46.9 Å². The lowest BCUT2D eigenvalue weighted by atomic mass is 9.95. The van der Waals surface area contributed by atoms with Gasteiger partial charge in [0.2, 0.25) is 0 Å². The summed E-state index contributed by atoms with van der Waals surface area (Å²) in [4.78, 5) is 36.6. The molecule has 0 saturated carbocycles. The van der Waals surface area contributed by atoms with Gasteiger partial charge in [-0.05, 0) is 54.8 Å². The lowest BCUT2D eigenvalue weighted by Crippen LogP contribution is -2.32. The van der Waals surface area contributed by atoms with Gasteiger partial charge in [-0.25, -0.2) is 4.79 Å². The maximum absolute atomic E-state index is 13.2. The fraction of sp³-hybridized carbons (Fsp3) is 0.194. The Balaban J connectivity index is 1.70. The van der Waals surface area contributed by atoms with Crippen LogP contribution in [0.1, 0.15) is 35.4 Å². The highest BCUT2D eigenvalue weighted by atomic mass is 32.1. The molecule has 0 saturated heterocycles. The second-order valence-corrected chi connectivity index (χ2v) is 9.26. The zero-order valence-corrected chi connectivity index (χ0v) is 22.7. The zero-order chi connectivity index (χ0) is 28.5. The second kappa shape index (κ2) is 13.5. The van der Waals surface area contributed by atoms with Crippen molar-refractivity contribution in [2.24, 2.45) is 0 Å². The molecule has 0 aliphatic rings. The lowest BCUT2D eigenvalue weighted by molar-refractivity contribution is -0.141. The molecule has 0 aliphatic heterocycles. The van der Waals surface area contributed by atoms with Gasteiger partial charge >= 0.3 is 12.1 Å². The third kappa shape index (κ3) is 7.33. The number of ketones is 1. The number of hydrogen-bond acceptors (Lipinski definition) is 8. The van der Waals surface area contributed by atoms with Gasteiger partial charge in [-0.1, -0.05) is 48.5 Å². The molecule has 0 spiro atoms. The van der Waals surface area contributed by atoms with E-state index in [1.807, 2.05) is 30.3 Å². The van der Waals surface area contributed by atoms with Crippen LogP contribution in [-0.2, 0) is 14.3 Å². The molecule has 2 atom stereocenters. The summed E-state index contributed by atoms with van der Waals surface area (Å²) < 4.78 is 17.6. The number of benzene rings is 4. The Morgan fingerprint density at radius 1 is 0.875 bits per heavy atom. The van der Waals surface area contributed by atoms with Crippen molar-refractivity contribution in [2.45, 2.75) is 25.6 Å². The van der Waals surface area contributed by atoms with Crippen LogP contribution in [-0.4, -0.2) is 41.4 Å². The minimum Gasteiger partial charge on any atom is -0.507 e. The monoisotopic (exact) mass is 559 g/mol. The van der Waals surface area contributed by atoms with Crippen LogP contribution in [0.4, 0.5) is 10.5 Å². The standard InChI is InChI=1S/C31H29NO7S/c1-20(33)21-11-13-22(14-12-21)32-31(36)39-30(26-15-16-27(34)25-10-6-5-9-24(25)26)28(17-18-37-29(35)19-40)38-23-7-3-2-4-8-23/h2-16,28,30,34,40H,17-19H2,1H3,(H,32,36)/t28-,30-/m0/s1. The largest absolute Gasteiger partial charge is 0.507 e. The minimum absolute atomic E-state index is 0.000890. The highest BCUT2D eigenvalue weighted by Gasteiger charge is 2.31. The number of para-hydroxylation sites is 1. The van der Waals surface area contributed by atoms with Crippen LogP contribution in [0.5, 0.6) is 11.5 Å². The van der Waals surface area contributed by atoms with Crippen molar-refractivity contribution in [3.63, 3.8) is 0 Å². The number of carbonyl (C=O) groups excluding carboxylic acids is 3. The van der Waals surface area contributed by atoms with Gasteiger partial charge < -0.3 is 19.3 Å². The maximum atomic E-state index is 13.2. The van der Waals surface area contributed by atoms with Crippen LogP contribution in [0.25, 0.3) is 10.8 Å². The summed E-state index contributed by atoms with van der Waals surface area (Å²) in [6.45, 7) is 1.46. The molecule has 0 heterocycles. The molecule has 0 bridgehead atoms. The van der Waals surface area contributed by atoms with Crippen LogP contribution in [0.15, 0.2) is 91.0 Å². The number of thiol groups is 1. The normalized spacial score (nSPS) is 12.2. The highest BCUT2D eigenvalue weighted by molar-refractivity contribution is 7.81. The fourth-order valence-electron chi connectivity index (χ4n) is 4.23. The first-order valence-electron chi connectivity index (χ1n) is 12.6. The quantitative estimate of drug-likeness (QED) is 0.112. The summed E-state index contributed by atoms with van der Waals surface area (Å²) in [6.07, 6.45) is -2.33. The Labute approximate surface area is 237 Å². The topological polar surface area (TPSA) is 111 Å². The third-order valence-corrected chi connectivity index (χ3v) is 6.43. The Kier molecular flexibility index (Phi) is 9.64. The van der Waals surface area contributed by atoms with Crippen LogP contribution >= 0.6 is 12.6 Å². The van der Waals surface area contributed by atoms with Gasteiger partial charge in [0.1, 0.15) is 17.6 Å². The number of nitrogens with one attached hydrogen (secondary N) is 1. The molecule has 2 N–H and O–H groups in total. The van der Waals surface area contributed by atoms with E-state index in [2.05, 4.69) is 17.9 Å². The summed E-state index contributed by atoms with van der Waals surface area (Å²) in [6, 6.07) is 25.9. The predicted octanol–water partition coefficient (Wildman–Crippen LogP) is 6.35. The molecule has 4 aromatic carbocycles. The Hall–Kier alpha value is -4.50. The first-order chi connectivity index (χ1) is 19.4. The number of amides is 1. The molecule has 0 fully saturated rings. The minimum atomic E-state index is -0.975. The number of aromatic hydroxyl groups is 1. The van der Waals surface area contributed by atoms with Gasteiger partial charge in [-0.15, -0.1) is 0 Å². The van der Waals surface area contributed by atoms with E-state index >= 15 is 0 Å². The van der Waals surface area contributed by atoms with E-state index in [1.54, 1.807) is 54.6 Å². The molecule has 0 radical (unpaired) electrons. The molecule has 9 heteroatoms. The Morgan fingerprint density at radius 2 is 1.55 bits per heavy atom. The molecule has 4 aromatic rings. The zero-order valence-electron chi connectivity index (χ0n) is 21.8. The molecule has 0 aromatic heterocycles. The van der Waals surface area contributed by atoms with Crippen LogP contribution < -0.4 is 10.1 Å². The molecule has 0 aliphatic carbocycles. The average molecular weight is 560 g/mol. The summed E-state index contributed by atoms with van der Waals surface area (Å²) in [5.74, 6) is -0.0345. The number of ether oxygens (including phenoxy) is 3. The van der Waals surface area contributed by atoms with Gasteiger partial charge in [0.15, 0.2) is 11.9 Å². The average Bonchev–Trinajstić information content (AvgIpc) is 2.97. The number of Topliss-reactive ketones (excluding diaryl/α,β-unsaturated/α-hetero) is 1. The Morgan fingerprint density at radius 3 is 2.23 bits per heavy atom. The van der Waals surface area contributed by atoms with Gasteiger partial charge in [-0.2, -0.15) is 12.6 Å². The van der Waals surface area contributed by atoms with E-state index in [1.165, 1.54) is 13.0 Å². The molecule has 8 nitrogen and oxygen atoms in total. The predicted molar refractivity (Wildman–Crippen MR) is 155 cm³/mol. The van der Waals surface area contributed by atoms with E-state index in [-0.39, 0.29) is 30.3 Å². The van der Waals surface area contributed by atoms with Crippen LogP contribution in [0.3, 0.4) is 0 Å². The van der Waals surface area contributed by atoms with Gasteiger partial charge in [0.05, 0.1) is 12.4 Å². The fourth-order valence-corrected chi connectivity index (χ4v) is 4.32. The summed E-state index contributed by atoms with van der Waals surface area (Å²) >= 11 is 3.95. The van der Waals surface area contributed by atoms with Gasteiger partial charge in [0.25, 0.3) is 0 Å². The SMILES string of the molecule is CC(=O)c1ccc(NC(=O)O[C@@H](c2ccc(O)c3ccccc23)[C@H](CCOC(=O)CS)Oc2ccccc2)cc1. The summed E-state index contributed by atoms with van der Waals surface area (Å²) in [5.41, 5.74) is 1.55. The molecule has 206 valence electrons. The van der Waals surface area contributed by atoms with Crippen LogP contribution in [0, 0.1) is 0 Å². The molecule has 40 heavy (non-hydrogen) atoms. The van der Waals surface area contributed by atoms with Crippen molar-refractivity contribution < 1.29 is 33.7 Å². The first-order valence-corrected chi connectivity index (χ1v) is 13.3. The number of phenols is 1. The van der Waals surface area contributed by atoms with Gasteiger partial charge in [-0.3, -0.25) is 14.9 Å². The van der Waals surface area contributed by atoms with E-state index < -0.39 is 24.3 Å². The number of esters is 1. The number of phenolic OH excluding ortho intramolecular Hbond substituents is 1. The van der Waals surface area contributed by atoms with E-state index in [9.17, 15) is 19.5 Å². The second-order valence-electron chi connectivity index (χ2n) is 8.94. The number of anilines is 1. The first kappa shape index (κ1) is 28.5. The number of fused-ring (bicyclic) bond motifs is 1. The number of carbonyl (C=O) groups is 3. The van der Waals surface area contributed by atoms with E-state index in [0.717, 1.165) is 0 Å². The smallest absolute Gasteiger partial charge is 0.412 e. The van der Waals surface area contributed by atoms with Crippen molar-refractivity contribution in [1.82, 2.24) is 0 Å². The van der Waals surface area contributed by atoms with Gasteiger partial charge in [0, 0.05) is 28.6 Å². The molecule has 0 unspecified atom stereocenters. The van der Waals surface area contributed by atoms with Crippen LogP contribution in [0.2, 0.25) is 0 Å². The Bertz CT molecular complexity index is 1470. The van der Waals surface area contributed by atoms with Crippen molar-refractivity contribution in [3.8, 4) is 11.5 Å². The third-order valence-electron chi connectivity index (χ3n) is 6.18. The van der Waals surface area contributed by atoms with Crippen molar-refractivity contribution in [1.29, 1.82) is 0 Å². The number of rotatable bonds is 11. The van der Waals surface area contributed by atoms with E-state index in [0.29, 0.717) is 33.3 Å². The molecular weight excluding hydrogens is 530 g/mol.